The van der Waals surface area contributed by atoms with Gasteiger partial charge in [0.1, 0.15) is 54.1 Å². The Hall–Kier alpha value is -9.61. The number of carbonyl (C=O) groups excluding carboxylic acids is 11. The molecule has 0 aliphatic carbocycles. The number of aromatic nitrogens is 3. The zero-order valence-corrected chi connectivity index (χ0v) is 48.1. The summed E-state index contributed by atoms with van der Waals surface area (Å²) in [5, 5.41) is 44.6. The first-order chi connectivity index (χ1) is 41.0. The lowest BCUT2D eigenvalue weighted by Crippen LogP contribution is -2.60. The van der Waals surface area contributed by atoms with Crippen LogP contribution < -0.4 is 65.1 Å². The van der Waals surface area contributed by atoms with E-state index in [0.29, 0.717) is 34.1 Å². The van der Waals surface area contributed by atoms with Crippen molar-refractivity contribution in [3.63, 3.8) is 0 Å². The van der Waals surface area contributed by atoms with Gasteiger partial charge in [-0.05, 0) is 73.8 Å². The molecule has 464 valence electrons. The molecule has 30 heteroatoms. The lowest BCUT2D eigenvalue weighted by Gasteiger charge is -2.30. The van der Waals surface area contributed by atoms with Gasteiger partial charge in [-0.15, -0.1) is 0 Å². The van der Waals surface area contributed by atoms with E-state index in [2.05, 4.69) is 62.8 Å². The molecular formula is C56H77N17O13. The number of carbonyl (C=O) groups is 11. The maximum atomic E-state index is 14.5. The van der Waals surface area contributed by atoms with Crippen molar-refractivity contribution in [1.29, 1.82) is 0 Å². The van der Waals surface area contributed by atoms with Crippen LogP contribution in [0.25, 0.3) is 10.9 Å². The SMILES string of the molecule is CC(C)CC(NC(=O)CNC(=O)C(Cc1ccc(O)cc1)NC(=O)C(CO)NC(=O)C(Cc1c[nH]c2ccccc12)NC(=O)C(Cc1cn(C)cn1)NC(=O)C1CCC(=O)N1)C(=O)NC(CCCN=C(N)N)C(=O)N1CCCC1C(=O)NCC(N)=O. The number of benzene rings is 2. The van der Waals surface area contributed by atoms with E-state index in [-0.39, 0.29) is 94.4 Å². The molecule has 2 fully saturated rings. The van der Waals surface area contributed by atoms with Crippen molar-refractivity contribution in [2.24, 2.45) is 35.2 Å². The van der Waals surface area contributed by atoms with Crippen LogP contribution in [0.15, 0.2) is 72.2 Å². The normalized spacial score (nSPS) is 16.7. The van der Waals surface area contributed by atoms with Crippen LogP contribution in [0, 0.1) is 5.92 Å². The van der Waals surface area contributed by atoms with Gasteiger partial charge in [0.25, 0.3) is 0 Å². The molecule has 6 rings (SSSR count). The maximum absolute atomic E-state index is 14.5. The molecule has 4 aromatic rings. The number of aliphatic hydroxyl groups is 1. The average molecular weight is 1200 g/mol. The Bertz CT molecular complexity index is 3120. The zero-order valence-electron chi connectivity index (χ0n) is 48.1. The quantitative estimate of drug-likeness (QED) is 0.0129. The molecule has 0 radical (unpaired) electrons. The minimum absolute atomic E-state index is 0.0156. The fraction of sp³-hybridized carbons (Fsp3) is 0.482. The number of hydrogen-bond donors (Lipinski definition) is 15. The standard InChI is InChI=1S/C56H77N17O13/c1-30(2)20-39(50(81)67-38(10-6-18-60-56(58)59)55(86)73-19-7-11-44(73)54(85)62-25-45(57)76)66-47(78)26-63-48(79)40(21-31-12-14-34(75)15-13-31)68-53(84)43(28-74)71-51(82)41(22-32-24-61-36-9-5-4-8-35(32)36)69-52(83)42(23-33-27-72(3)29-64-33)70-49(80)37-16-17-46(77)65-37/h4-5,8-9,12-15,24,27,29-30,37-44,61,74-75H,6-7,10-11,16-23,25-26,28H2,1-3H3,(H2,57,76)(H,62,85)(H,63,79)(H,65,77)(H,66,78)(H,67,81)(H,68,84)(H,69,83)(H,70,80)(H,71,82)(H4,58,59,60). The van der Waals surface area contributed by atoms with Gasteiger partial charge in [0.05, 0.1) is 31.7 Å². The zero-order chi connectivity index (χ0) is 62.6. The summed E-state index contributed by atoms with van der Waals surface area (Å²) in [5.74, 6) is -8.86. The summed E-state index contributed by atoms with van der Waals surface area (Å²) in [6.45, 7) is 1.62. The number of aryl methyl sites for hydroxylation is 1. The molecule has 30 nitrogen and oxygen atoms in total. The second-order valence-electron chi connectivity index (χ2n) is 21.6. The number of imidazole rings is 1. The van der Waals surface area contributed by atoms with Crippen LogP contribution in [-0.4, -0.2) is 182 Å². The third-order valence-corrected chi connectivity index (χ3v) is 14.3. The number of H-pyrrole nitrogens is 1. The fourth-order valence-electron chi connectivity index (χ4n) is 9.96. The number of nitrogens with zero attached hydrogens (tertiary/aromatic N) is 4. The Morgan fingerprint density at radius 3 is 2.03 bits per heavy atom. The molecule has 8 unspecified atom stereocenters. The lowest BCUT2D eigenvalue weighted by molar-refractivity contribution is -0.142. The van der Waals surface area contributed by atoms with E-state index in [9.17, 15) is 63.0 Å². The first-order valence-corrected chi connectivity index (χ1v) is 28.2. The highest BCUT2D eigenvalue weighted by Crippen LogP contribution is 2.22. The first-order valence-electron chi connectivity index (χ1n) is 28.2. The number of aliphatic imine (C=N–C) groups is 1. The number of nitrogens with two attached hydrogens (primary N) is 3. The number of hydrogen-bond acceptors (Lipinski definition) is 15. The predicted octanol–water partition coefficient (Wildman–Crippen LogP) is -4.38. The maximum Gasteiger partial charge on any atom is 0.245 e. The van der Waals surface area contributed by atoms with E-state index >= 15 is 0 Å². The number of likely N-dealkylation sites (tertiary alicyclic amines) is 1. The van der Waals surface area contributed by atoms with Crippen LogP contribution in [0.3, 0.4) is 0 Å². The van der Waals surface area contributed by atoms with Crippen LogP contribution in [0.4, 0.5) is 0 Å². The second kappa shape index (κ2) is 31.3. The topological polar surface area (TPSA) is 464 Å². The summed E-state index contributed by atoms with van der Waals surface area (Å²) in [6.07, 6.45) is 5.55. The van der Waals surface area contributed by atoms with E-state index in [1.165, 1.54) is 35.5 Å². The Morgan fingerprint density at radius 2 is 1.40 bits per heavy atom. The van der Waals surface area contributed by atoms with Crippen LogP contribution in [-0.2, 0) is 79.1 Å². The molecule has 2 saturated heterocycles. The molecule has 4 heterocycles. The Kier molecular flexibility index (Phi) is 23.9. The van der Waals surface area contributed by atoms with Gasteiger partial charge >= 0.3 is 0 Å². The monoisotopic (exact) mass is 1200 g/mol. The number of phenolic OH excluding ortho intramolecular Hbond substituents is 1. The van der Waals surface area contributed by atoms with Gasteiger partial charge in [-0.1, -0.05) is 44.2 Å². The number of amides is 11. The van der Waals surface area contributed by atoms with Crippen molar-refractivity contribution in [2.75, 3.05) is 32.8 Å². The molecule has 8 atom stereocenters. The summed E-state index contributed by atoms with van der Waals surface area (Å²) in [5.41, 5.74) is 18.3. The van der Waals surface area contributed by atoms with Crippen LogP contribution in [0.1, 0.15) is 75.6 Å². The number of rotatable bonds is 31. The molecule has 11 amide bonds. The average Bonchev–Trinajstić information content (AvgIpc) is 2.60. The van der Waals surface area contributed by atoms with E-state index in [1.54, 1.807) is 62.1 Å². The smallest absolute Gasteiger partial charge is 0.245 e. The van der Waals surface area contributed by atoms with E-state index in [4.69, 9.17) is 17.2 Å². The number of aromatic amines is 1. The van der Waals surface area contributed by atoms with E-state index in [1.807, 2.05) is 0 Å². The molecule has 2 aromatic carbocycles. The Labute approximate surface area is 494 Å². The number of guanidine groups is 1. The van der Waals surface area contributed by atoms with Crippen molar-refractivity contribution >= 4 is 81.8 Å². The second-order valence-corrected chi connectivity index (χ2v) is 21.6. The third kappa shape index (κ3) is 19.5. The van der Waals surface area contributed by atoms with Crippen molar-refractivity contribution in [3.05, 3.63) is 84.1 Å². The summed E-state index contributed by atoms with van der Waals surface area (Å²) in [7, 11) is 1.71. The minimum atomic E-state index is -1.76. The van der Waals surface area contributed by atoms with Gasteiger partial charge in [0.2, 0.25) is 65.0 Å². The van der Waals surface area contributed by atoms with Crippen LogP contribution >= 0.6 is 0 Å². The first kappa shape index (κ1) is 65.5. The number of para-hydroxylation sites is 1. The Morgan fingerprint density at radius 1 is 0.744 bits per heavy atom. The number of phenols is 1. The lowest BCUT2D eigenvalue weighted by atomic mass is 10.0. The molecule has 86 heavy (non-hydrogen) atoms. The summed E-state index contributed by atoms with van der Waals surface area (Å²) >= 11 is 0. The summed E-state index contributed by atoms with van der Waals surface area (Å²) in [4.78, 5) is 162. The summed E-state index contributed by atoms with van der Waals surface area (Å²) in [6, 6.07) is 2.37. The third-order valence-electron chi connectivity index (χ3n) is 14.3. The number of aromatic hydroxyl groups is 1. The molecule has 0 bridgehead atoms. The van der Waals surface area contributed by atoms with Gasteiger partial charge in [-0.2, -0.15) is 0 Å². The highest BCUT2D eigenvalue weighted by Gasteiger charge is 2.39. The molecule has 2 aromatic heterocycles. The number of fused-ring (bicyclic) bond motifs is 1. The van der Waals surface area contributed by atoms with Gasteiger partial charge in [0, 0.05) is 69.1 Å². The molecular weight excluding hydrogens is 1120 g/mol. The van der Waals surface area contributed by atoms with Gasteiger partial charge < -0.3 is 89.7 Å². The molecule has 18 N–H and O–H groups in total. The predicted molar refractivity (Wildman–Crippen MR) is 310 cm³/mol. The van der Waals surface area contributed by atoms with Crippen molar-refractivity contribution in [2.45, 2.75) is 126 Å². The Balaban J connectivity index is 1.17. The van der Waals surface area contributed by atoms with Gasteiger partial charge in [-0.25, -0.2) is 4.98 Å². The van der Waals surface area contributed by atoms with Crippen LogP contribution in [0.2, 0.25) is 0 Å². The van der Waals surface area contributed by atoms with Crippen molar-refractivity contribution in [3.8, 4) is 5.75 Å². The largest absolute Gasteiger partial charge is 0.508 e. The van der Waals surface area contributed by atoms with E-state index < -0.39 is 127 Å². The number of primary amides is 1. The van der Waals surface area contributed by atoms with Crippen molar-refractivity contribution < 1.29 is 63.0 Å². The van der Waals surface area contributed by atoms with Crippen LogP contribution in [0.5, 0.6) is 5.75 Å². The highest BCUT2D eigenvalue weighted by molar-refractivity contribution is 5.99. The number of aliphatic hydroxyl groups excluding tert-OH is 1. The molecule has 2 aliphatic heterocycles. The minimum Gasteiger partial charge on any atom is -0.508 e. The van der Waals surface area contributed by atoms with Gasteiger partial charge in [0.15, 0.2) is 5.96 Å². The summed E-state index contributed by atoms with van der Waals surface area (Å²) < 4.78 is 1.64. The van der Waals surface area contributed by atoms with Gasteiger partial charge in [-0.3, -0.25) is 57.7 Å². The molecule has 2 aliphatic rings. The number of nitrogens with one attached hydrogen (secondary N) is 10. The van der Waals surface area contributed by atoms with E-state index in [0.717, 1.165) is 0 Å². The molecule has 0 spiro atoms. The van der Waals surface area contributed by atoms with Crippen molar-refractivity contribution in [1.82, 2.24) is 67.3 Å². The fourth-order valence-corrected chi connectivity index (χ4v) is 9.96. The highest BCUT2D eigenvalue weighted by atomic mass is 16.3. The molecule has 0 saturated carbocycles.